The maximum atomic E-state index is 6.02. The Morgan fingerprint density at radius 3 is 2.95 bits per heavy atom. The zero-order valence-corrected chi connectivity index (χ0v) is 12.8. The van der Waals surface area contributed by atoms with Crippen molar-refractivity contribution in [2.75, 3.05) is 19.0 Å². The maximum absolute atomic E-state index is 6.02. The number of nitrogens with one attached hydrogen (secondary N) is 1. The molecule has 1 N–H and O–H groups in total. The molecule has 108 valence electrons. The molecule has 0 aliphatic carbocycles. The summed E-state index contributed by atoms with van der Waals surface area (Å²) >= 11 is 6.02. The van der Waals surface area contributed by atoms with Crippen molar-refractivity contribution in [2.24, 2.45) is 0 Å². The quantitative estimate of drug-likeness (QED) is 0.888. The second-order valence-corrected chi connectivity index (χ2v) is 5.40. The third-order valence-electron chi connectivity index (χ3n) is 2.93. The van der Waals surface area contributed by atoms with E-state index in [9.17, 15) is 0 Å². The largest absolute Gasteiger partial charge is 0.383 e. The number of anilines is 1. The van der Waals surface area contributed by atoms with Gasteiger partial charge >= 0.3 is 0 Å². The summed E-state index contributed by atoms with van der Waals surface area (Å²) in [5, 5.41) is 4.11. The highest BCUT2D eigenvalue weighted by Gasteiger charge is 2.09. The van der Waals surface area contributed by atoms with Crippen LogP contribution in [-0.4, -0.2) is 29.3 Å². The fourth-order valence-corrected chi connectivity index (χ4v) is 2.34. The van der Waals surface area contributed by atoms with E-state index in [0.29, 0.717) is 6.61 Å². The molecular formula is C15H20ClN3O. The molecule has 0 fully saturated rings. The van der Waals surface area contributed by atoms with Crippen LogP contribution < -0.4 is 5.32 Å². The average molecular weight is 294 g/mol. The minimum atomic E-state index is 0.208. The fourth-order valence-electron chi connectivity index (χ4n) is 2.13. The molecule has 0 aliphatic heterocycles. The van der Waals surface area contributed by atoms with Crippen molar-refractivity contribution >= 4 is 17.5 Å². The van der Waals surface area contributed by atoms with Gasteiger partial charge in [-0.05, 0) is 31.5 Å². The van der Waals surface area contributed by atoms with E-state index in [1.54, 1.807) is 7.11 Å². The van der Waals surface area contributed by atoms with E-state index in [0.717, 1.165) is 28.8 Å². The third-order valence-corrected chi connectivity index (χ3v) is 3.17. The van der Waals surface area contributed by atoms with Gasteiger partial charge in [-0.25, -0.2) is 4.98 Å². The number of benzene rings is 1. The van der Waals surface area contributed by atoms with Crippen LogP contribution in [0.1, 0.15) is 18.2 Å². The number of aromatic nitrogens is 2. The lowest BCUT2D eigenvalue weighted by molar-refractivity contribution is 0.190. The summed E-state index contributed by atoms with van der Waals surface area (Å²) in [6.45, 7) is 5.43. The van der Waals surface area contributed by atoms with Crippen molar-refractivity contribution in [2.45, 2.75) is 26.4 Å². The number of imidazole rings is 1. The molecule has 0 bridgehead atoms. The van der Waals surface area contributed by atoms with Gasteiger partial charge in [-0.15, -0.1) is 0 Å². The lowest BCUT2D eigenvalue weighted by Crippen LogP contribution is -2.23. The number of halogens is 1. The van der Waals surface area contributed by atoms with Crippen LogP contribution in [0.4, 0.5) is 5.95 Å². The number of aryl methyl sites for hydroxylation is 1. The van der Waals surface area contributed by atoms with Crippen LogP contribution >= 0.6 is 11.6 Å². The summed E-state index contributed by atoms with van der Waals surface area (Å²) in [7, 11) is 1.70. The van der Waals surface area contributed by atoms with Crippen LogP contribution in [0.25, 0.3) is 0 Å². The van der Waals surface area contributed by atoms with E-state index in [-0.39, 0.29) is 6.04 Å². The van der Waals surface area contributed by atoms with Crippen LogP contribution in [0, 0.1) is 6.92 Å². The number of rotatable bonds is 6. The second kappa shape index (κ2) is 6.77. The van der Waals surface area contributed by atoms with Gasteiger partial charge in [0.1, 0.15) is 0 Å². The zero-order valence-electron chi connectivity index (χ0n) is 12.1. The number of nitrogens with zero attached hydrogens (tertiary/aromatic N) is 2. The first-order chi connectivity index (χ1) is 9.58. The zero-order chi connectivity index (χ0) is 14.5. The van der Waals surface area contributed by atoms with Crippen molar-refractivity contribution in [3.8, 4) is 0 Å². The molecule has 0 aliphatic rings. The van der Waals surface area contributed by atoms with E-state index in [4.69, 9.17) is 16.3 Å². The monoisotopic (exact) mass is 293 g/mol. The lowest BCUT2D eigenvalue weighted by Gasteiger charge is -2.15. The van der Waals surface area contributed by atoms with Gasteiger partial charge in [-0.2, -0.15) is 0 Å². The third kappa shape index (κ3) is 3.99. The predicted octanol–water partition coefficient (Wildman–Crippen LogP) is 3.34. The first kappa shape index (κ1) is 14.9. The van der Waals surface area contributed by atoms with Crippen molar-refractivity contribution in [3.63, 3.8) is 0 Å². The van der Waals surface area contributed by atoms with E-state index in [2.05, 4.69) is 27.9 Å². The highest BCUT2D eigenvalue weighted by atomic mass is 35.5. The normalized spacial score (nSPS) is 12.4. The molecule has 0 amide bonds. The molecule has 2 rings (SSSR count). The molecule has 1 aromatic heterocycles. The first-order valence-electron chi connectivity index (χ1n) is 6.62. The van der Waals surface area contributed by atoms with Crippen LogP contribution in [0.3, 0.4) is 0 Å². The SMILES string of the molecule is COCC(C)Nc1nc(C)cn1Cc1cccc(Cl)c1. The lowest BCUT2D eigenvalue weighted by atomic mass is 10.2. The minimum Gasteiger partial charge on any atom is -0.383 e. The number of hydrogen-bond acceptors (Lipinski definition) is 3. The summed E-state index contributed by atoms with van der Waals surface area (Å²) in [6.07, 6.45) is 2.03. The Morgan fingerprint density at radius 1 is 1.45 bits per heavy atom. The molecule has 1 unspecified atom stereocenters. The second-order valence-electron chi connectivity index (χ2n) is 4.96. The van der Waals surface area contributed by atoms with Gasteiger partial charge < -0.3 is 14.6 Å². The van der Waals surface area contributed by atoms with Gasteiger partial charge in [0.15, 0.2) is 0 Å². The Labute approximate surface area is 124 Å². The van der Waals surface area contributed by atoms with Gasteiger partial charge in [0, 0.05) is 24.4 Å². The Morgan fingerprint density at radius 2 is 2.25 bits per heavy atom. The maximum Gasteiger partial charge on any atom is 0.203 e. The van der Waals surface area contributed by atoms with Crippen LogP contribution in [-0.2, 0) is 11.3 Å². The molecule has 0 saturated carbocycles. The van der Waals surface area contributed by atoms with E-state index >= 15 is 0 Å². The molecule has 0 radical (unpaired) electrons. The highest BCUT2D eigenvalue weighted by Crippen LogP contribution is 2.16. The van der Waals surface area contributed by atoms with E-state index < -0.39 is 0 Å². The molecule has 20 heavy (non-hydrogen) atoms. The molecule has 0 spiro atoms. The Kier molecular flexibility index (Phi) is 5.04. The van der Waals surface area contributed by atoms with Crippen molar-refractivity contribution < 1.29 is 4.74 Å². The molecule has 2 aromatic rings. The summed E-state index contributed by atoms with van der Waals surface area (Å²) in [4.78, 5) is 4.51. The highest BCUT2D eigenvalue weighted by molar-refractivity contribution is 6.30. The predicted molar refractivity (Wildman–Crippen MR) is 82.5 cm³/mol. The van der Waals surface area contributed by atoms with Gasteiger partial charge in [-0.1, -0.05) is 23.7 Å². The summed E-state index contributed by atoms with van der Waals surface area (Å²) in [6, 6.07) is 8.08. The molecule has 1 aromatic carbocycles. The molecule has 1 heterocycles. The summed E-state index contributed by atoms with van der Waals surface area (Å²) in [5.74, 6) is 0.854. The molecule has 0 saturated heterocycles. The Hall–Kier alpha value is -1.52. The number of methoxy groups -OCH3 is 1. The van der Waals surface area contributed by atoms with Crippen LogP contribution in [0.2, 0.25) is 5.02 Å². The Bertz CT molecular complexity index is 568. The van der Waals surface area contributed by atoms with Crippen molar-refractivity contribution in [1.29, 1.82) is 0 Å². The Balaban J connectivity index is 2.15. The molecular weight excluding hydrogens is 274 g/mol. The number of hydrogen-bond donors (Lipinski definition) is 1. The summed E-state index contributed by atoms with van der Waals surface area (Å²) in [5.41, 5.74) is 2.14. The van der Waals surface area contributed by atoms with Gasteiger partial charge in [0.25, 0.3) is 0 Å². The van der Waals surface area contributed by atoms with Crippen molar-refractivity contribution in [3.05, 3.63) is 46.7 Å². The standard InChI is InChI=1S/C15H20ClN3O/c1-11-8-19(9-13-5-4-6-14(16)7-13)15(17-11)18-12(2)10-20-3/h4-8,12H,9-10H2,1-3H3,(H,17,18). The average Bonchev–Trinajstić information content (AvgIpc) is 2.69. The first-order valence-corrected chi connectivity index (χ1v) is 7.00. The van der Waals surface area contributed by atoms with Gasteiger partial charge in [-0.3, -0.25) is 0 Å². The van der Waals surface area contributed by atoms with Crippen molar-refractivity contribution in [1.82, 2.24) is 9.55 Å². The molecule has 5 heteroatoms. The van der Waals surface area contributed by atoms with Crippen LogP contribution in [0.15, 0.2) is 30.5 Å². The minimum absolute atomic E-state index is 0.208. The van der Waals surface area contributed by atoms with Crippen LogP contribution in [0.5, 0.6) is 0 Å². The topological polar surface area (TPSA) is 39.1 Å². The molecule has 1 atom stereocenters. The summed E-state index contributed by atoms with van der Waals surface area (Å²) < 4.78 is 7.23. The van der Waals surface area contributed by atoms with E-state index in [1.807, 2.05) is 31.3 Å². The fraction of sp³-hybridized carbons (Fsp3) is 0.400. The van der Waals surface area contributed by atoms with Gasteiger partial charge in [0.2, 0.25) is 5.95 Å². The van der Waals surface area contributed by atoms with E-state index in [1.165, 1.54) is 0 Å². The van der Waals surface area contributed by atoms with Gasteiger partial charge in [0.05, 0.1) is 18.8 Å². The smallest absolute Gasteiger partial charge is 0.203 e. The number of ether oxygens (including phenoxy) is 1. The molecule has 4 nitrogen and oxygen atoms in total.